The average Bonchev–Trinajstić information content (AvgIpc) is 2.77. The van der Waals surface area contributed by atoms with Gasteiger partial charge in [0.2, 0.25) is 10.4 Å². The van der Waals surface area contributed by atoms with Crippen molar-refractivity contribution in [1.29, 1.82) is 0 Å². The lowest BCUT2D eigenvalue weighted by Gasteiger charge is -2.35. The average molecular weight is 294 g/mol. The number of nitrogens with zero attached hydrogens (tertiary/aromatic N) is 3. The normalized spacial score (nSPS) is 33.1. The summed E-state index contributed by atoms with van der Waals surface area (Å²) in [7, 11) is 0. The maximum atomic E-state index is 9.83. The maximum absolute atomic E-state index is 9.83. The molecular weight excluding hydrogens is 282 g/mol. The van der Waals surface area contributed by atoms with E-state index in [0.717, 1.165) is 11.5 Å². The molecule has 2 rings (SSSR count). The first-order valence-electron chi connectivity index (χ1n) is 5.24. The van der Waals surface area contributed by atoms with Gasteiger partial charge in [-0.25, -0.2) is 4.99 Å². The van der Waals surface area contributed by atoms with Crippen LogP contribution in [0.3, 0.4) is 0 Å². The minimum Gasteiger partial charge on any atom is -0.394 e. The van der Waals surface area contributed by atoms with Gasteiger partial charge in [-0.05, 0) is 11.6 Å². The Morgan fingerprint density at radius 2 is 2.28 bits per heavy atom. The summed E-state index contributed by atoms with van der Waals surface area (Å²) in [6.07, 6.45) is -1.50. The largest absolute Gasteiger partial charge is 0.394 e. The molecule has 1 aliphatic rings. The van der Waals surface area contributed by atoms with Crippen LogP contribution in [0.5, 0.6) is 0 Å². The van der Waals surface area contributed by atoms with Crippen LogP contribution in [0.25, 0.3) is 0 Å². The first kappa shape index (κ1) is 13.8. The highest BCUT2D eigenvalue weighted by Gasteiger charge is 2.37. The van der Waals surface area contributed by atoms with Crippen molar-refractivity contribution in [3.63, 3.8) is 0 Å². The Hall–Kier alpha value is -0.640. The van der Waals surface area contributed by atoms with Gasteiger partial charge in [-0.15, -0.1) is 0 Å². The lowest BCUT2D eigenvalue weighted by atomic mass is 9.93. The second-order valence-corrected chi connectivity index (χ2v) is 4.89. The Morgan fingerprint density at radius 1 is 1.50 bits per heavy atom. The number of ether oxygens (including phenoxy) is 1. The van der Waals surface area contributed by atoms with Crippen LogP contribution in [-0.4, -0.2) is 62.4 Å². The second-order valence-electron chi connectivity index (χ2n) is 3.82. The highest BCUT2D eigenvalue weighted by atomic mass is 35.5. The Kier molecular flexibility index (Phi) is 4.60. The maximum Gasteiger partial charge on any atom is 0.236 e. The Morgan fingerprint density at radius 3 is 2.89 bits per heavy atom. The summed E-state index contributed by atoms with van der Waals surface area (Å²) in [5.41, 5.74) is 0. The molecular formula is C9H12ClN3O4S. The molecule has 1 aromatic heterocycles. The molecule has 100 valence electrons. The number of hydrogen-bond acceptors (Lipinski definition) is 8. The van der Waals surface area contributed by atoms with E-state index in [2.05, 4.69) is 14.3 Å². The molecule has 4 atom stereocenters. The van der Waals surface area contributed by atoms with E-state index in [4.69, 9.17) is 21.4 Å². The minimum atomic E-state index is -1.14. The summed E-state index contributed by atoms with van der Waals surface area (Å²) >= 11 is 6.57. The Balaban J connectivity index is 2.00. The molecule has 18 heavy (non-hydrogen) atoms. The zero-order valence-corrected chi connectivity index (χ0v) is 10.8. The lowest BCUT2D eigenvalue weighted by Crippen LogP contribution is -2.51. The number of hydrogen-bond donors (Lipinski definition) is 3. The van der Waals surface area contributed by atoms with Crippen molar-refractivity contribution in [2.75, 3.05) is 13.2 Å². The van der Waals surface area contributed by atoms with Gasteiger partial charge in [-0.1, -0.05) is 0 Å². The van der Waals surface area contributed by atoms with Gasteiger partial charge in [0.25, 0.3) is 0 Å². The molecule has 0 amide bonds. The van der Waals surface area contributed by atoms with Crippen molar-refractivity contribution in [3.8, 4) is 0 Å². The summed E-state index contributed by atoms with van der Waals surface area (Å²) in [5.74, 6) is -0.467. The minimum absolute atomic E-state index is 0.118. The zero-order chi connectivity index (χ0) is 13.1. The smallest absolute Gasteiger partial charge is 0.236 e. The van der Waals surface area contributed by atoms with Crippen LogP contribution in [0, 0.1) is 5.92 Å². The molecule has 1 saturated heterocycles. The van der Waals surface area contributed by atoms with Crippen molar-refractivity contribution in [2.24, 2.45) is 10.9 Å². The van der Waals surface area contributed by atoms with Crippen LogP contribution in [0.2, 0.25) is 5.28 Å². The Labute approximate surface area is 112 Å². The molecule has 7 nitrogen and oxygen atoms in total. The van der Waals surface area contributed by atoms with E-state index >= 15 is 0 Å². The molecule has 2 heterocycles. The number of aliphatic hydroxyl groups is 3. The summed E-state index contributed by atoms with van der Waals surface area (Å²) in [4.78, 5) is 7.83. The van der Waals surface area contributed by atoms with Gasteiger partial charge in [0, 0.05) is 23.7 Å². The summed E-state index contributed by atoms with van der Waals surface area (Å²) in [6, 6.07) is 0. The molecule has 1 aromatic rings. The molecule has 1 fully saturated rings. The fourth-order valence-corrected chi connectivity index (χ4v) is 2.27. The summed E-state index contributed by atoms with van der Waals surface area (Å²) in [5, 5.41) is 28.9. The highest BCUT2D eigenvalue weighted by Crippen LogP contribution is 2.22. The standard InChI is InChI=1S/C9H12ClN3O4S/c10-8-12-9(18-13-8)11-1-4-3-17-5(2-14)7(16)6(4)15/h1,4-7,14-16H,2-3H2/t4?,5-,6-,7+/m1/s1. The van der Waals surface area contributed by atoms with E-state index in [9.17, 15) is 10.2 Å². The predicted molar refractivity (Wildman–Crippen MR) is 65.4 cm³/mol. The van der Waals surface area contributed by atoms with Gasteiger partial charge in [-0.2, -0.15) is 9.36 Å². The van der Waals surface area contributed by atoms with E-state index in [1.165, 1.54) is 6.21 Å². The molecule has 9 heteroatoms. The van der Waals surface area contributed by atoms with Crippen LogP contribution in [-0.2, 0) is 4.74 Å². The van der Waals surface area contributed by atoms with E-state index in [0.29, 0.717) is 5.13 Å². The number of aromatic nitrogens is 2. The van der Waals surface area contributed by atoms with Crippen LogP contribution in [0.15, 0.2) is 4.99 Å². The van der Waals surface area contributed by atoms with Crippen LogP contribution in [0.1, 0.15) is 0 Å². The molecule has 0 bridgehead atoms. The van der Waals surface area contributed by atoms with Crippen molar-refractivity contribution in [2.45, 2.75) is 18.3 Å². The molecule has 0 spiro atoms. The zero-order valence-electron chi connectivity index (χ0n) is 9.18. The van der Waals surface area contributed by atoms with Gasteiger partial charge in [-0.3, -0.25) is 0 Å². The predicted octanol–water partition coefficient (Wildman–Crippen LogP) is -0.377. The first-order chi connectivity index (χ1) is 8.61. The van der Waals surface area contributed by atoms with Gasteiger partial charge < -0.3 is 20.1 Å². The molecule has 0 radical (unpaired) electrons. The quantitative estimate of drug-likeness (QED) is 0.656. The topological polar surface area (TPSA) is 108 Å². The van der Waals surface area contributed by atoms with Gasteiger partial charge >= 0.3 is 0 Å². The summed E-state index contributed by atoms with van der Waals surface area (Å²) < 4.78 is 8.95. The van der Waals surface area contributed by atoms with E-state index in [-0.39, 0.29) is 18.5 Å². The van der Waals surface area contributed by atoms with Crippen molar-refractivity contribution in [1.82, 2.24) is 9.36 Å². The van der Waals surface area contributed by atoms with Gasteiger partial charge in [0.1, 0.15) is 12.2 Å². The number of aliphatic imine (C=N–C) groups is 1. The van der Waals surface area contributed by atoms with Gasteiger partial charge in [0.05, 0.1) is 19.3 Å². The van der Waals surface area contributed by atoms with E-state index in [1.54, 1.807) is 0 Å². The number of rotatable bonds is 3. The monoisotopic (exact) mass is 293 g/mol. The number of aliphatic hydroxyl groups excluding tert-OH is 3. The van der Waals surface area contributed by atoms with Crippen LogP contribution in [0.4, 0.5) is 5.13 Å². The molecule has 1 unspecified atom stereocenters. The fourth-order valence-electron chi connectivity index (χ4n) is 1.61. The number of halogens is 1. The van der Waals surface area contributed by atoms with Crippen molar-refractivity contribution in [3.05, 3.63) is 5.28 Å². The van der Waals surface area contributed by atoms with E-state index < -0.39 is 24.2 Å². The molecule has 0 saturated carbocycles. The first-order valence-corrected chi connectivity index (χ1v) is 6.39. The van der Waals surface area contributed by atoms with Crippen molar-refractivity contribution < 1.29 is 20.1 Å². The second kappa shape index (κ2) is 6.00. The Bertz CT molecular complexity index is 430. The third-order valence-corrected chi connectivity index (χ3v) is 3.51. The third kappa shape index (κ3) is 3.02. The molecule has 3 N–H and O–H groups in total. The fraction of sp³-hybridized carbons (Fsp3) is 0.667. The van der Waals surface area contributed by atoms with Gasteiger partial charge in [0.15, 0.2) is 0 Å². The van der Waals surface area contributed by atoms with Crippen molar-refractivity contribution >= 4 is 34.5 Å². The molecule has 0 aromatic carbocycles. The summed E-state index contributed by atoms with van der Waals surface area (Å²) in [6.45, 7) is -0.173. The molecule has 0 aliphatic carbocycles. The van der Waals surface area contributed by atoms with Crippen LogP contribution < -0.4 is 0 Å². The van der Waals surface area contributed by atoms with Crippen LogP contribution >= 0.6 is 23.1 Å². The highest BCUT2D eigenvalue weighted by molar-refractivity contribution is 7.09. The SMILES string of the molecule is OC[C@H]1OCC(C=Nc2nc(Cl)ns2)[C@@H](O)[C@H]1O. The third-order valence-electron chi connectivity index (χ3n) is 2.62. The molecule has 1 aliphatic heterocycles. The van der Waals surface area contributed by atoms with E-state index in [1.807, 2.05) is 0 Å². The lowest BCUT2D eigenvalue weighted by molar-refractivity contribution is -0.160.